The Balaban J connectivity index is 1.58. The maximum Gasteiger partial charge on any atom is 0.274 e. The number of aliphatic imine (C=N–C) groups is 1. The number of hydrogen-bond donors (Lipinski definition) is 1. The van der Waals surface area contributed by atoms with Crippen molar-refractivity contribution < 1.29 is 9.66 Å². The summed E-state index contributed by atoms with van der Waals surface area (Å²) in [4.78, 5) is 19.9. The Morgan fingerprint density at radius 2 is 2.12 bits per heavy atom. The van der Waals surface area contributed by atoms with E-state index in [9.17, 15) is 10.1 Å². The first-order valence-electron chi connectivity index (χ1n) is 8.68. The number of ether oxygens (including phenoxy) is 1. The molecule has 2 aliphatic heterocycles. The van der Waals surface area contributed by atoms with Gasteiger partial charge in [-0.1, -0.05) is 18.2 Å². The largest absolute Gasteiger partial charge is 0.379 e. The summed E-state index contributed by atoms with van der Waals surface area (Å²) in [5, 5.41) is 14.4. The Labute approximate surface area is 147 Å². The molecule has 1 atom stereocenters. The van der Waals surface area contributed by atoms with Crippen molar-refractivity contribution in [2.75, 3.05) is 46.4 Å². The summed E-state index contributed by atoms with van der Waals surface area (Å²) in [6.07, 6.45) is 1.10. The number of nitrogens with zero attached hydrogens (tertiary/aromatic N) is 4. The van der Waals surface area contributed by atoms with Crippen LogP contribution >= 0.6 is 0 Å². The van der Waals surface area contributed by atoms with E-state index in [1.54, 1.807) is 19.2 Å². The van der Waals surface area contributed by atoms with Gasteiger partial charge >= 0.3 is 0 Å². The molecule has 1 unspecified atom stereocenters. The van der Waals surface area contributed by atoms with Gasteiger partial charge in [-0.05, 0) is 6.42 Å². The van der Waals surface area contributed by atoms with Gasteiger partial charge in [0.25, 0.3) is 5.69 Å². The van der Waals surface area contributed by atoms with Crippen LogP contribution in [0.5, 0.6) is 0 Å². The average molecular weight is 347 g/mol. The van der Waals surface area contributed by atoms with Gasteiger partial charge in [0.15, 0.2) is 5.96 Å². The van der Waals surface area contributed by atoms with E-state index in [-0.39, 0.29) is 10.6 Å². The van der Waals surface area contributed by atoms with Crippen molar-refractivity contribution in [1.82, 2.24) is 15.1 Å². The van der Waals surface area contributed by atoms with Crippen molar-refractivity contribution >= 4 is 11.6 Å². The van der Waals surface area contributed by atoms with E-state index in [0.717, 1.165) is 51.8 Å². The van der Waals surface area contributed by atoms with Gasteiger partial charge in [-0.2, -0.15) is 0 Å². The van der Waals surface area contributed by atoms with Gasteiger partial charge in [-0.25, -0.2) is 0 Å². The number of hydrogen-bond acceptors (Lipinski definition) is 5. The number of rotatable bonds is 4. The summed E-state index contributed by atoms with van der Waals surface area (Å²) in [5.74, 6) is 0.800. The smallest absolute Gasteiger partial charge is 0.274 e. The van der Waals surface area contributed by atoms with Crippen LogP contribution in [0.25, 0.3) is 0 Å². The van der Waals surface area contributed by atoms with Gasteiger partial charge in [0.05, 0.1) is 18.1 Å². The molecule has 2 fully saturated rings. The van der Waals surface area contributed by atoms with Crippen molar-refractivity contribution in [3.05, 3.63) is 39.9 Å². The maximum absolute atomic E-state index is 11.1. The number of nitrogens with one attached hydrogen (secondary N) is 1. The van der Waals surface area contributed by atoms with E-state index < -0.39 is 0 Å². The highest BCUT2D eigenvalue weighted by atomic mass is 16.6. The first-order chi connectivity index (χ1) is 12.2. The van der Waals surface area contributed by atoms with Crippen molar-refractivity contribution in [3.8, 4) is 0 Å². The van der Waals surface area contributed by atoms with Gasteiger partial charge in [-0.3, -0.25) is 20.0 Å². The molecule has 0 saturated carbocycles. The molecule has 2 aliphatic rings. The van der Waals surface area contributed by atoms with Gasteiger partial charge in [0.1, 0.15) is 0 Å². The molecule has 1 aromatic carbocycles. The minimum absolute atomic E-state index is 0.137. The third-order valence-electron chi connectivity index (χ3n) is 4.86. The second-order valence-corrected chi connectivity index (χ2v) is 6.32. The number of likely N-dealkylation sites (tertiary alicyclic amines) is 1. The van der Waals surface area contributed by atoms with E-state index in [0.29, 0.717) is 18.2 Å². The highest BCUT2D eigenvalue weighted by molar-refractivity contribution is 5.80. The number of para-hydroxylation sites is 1. The molecule has 0 aliphatic carbocycles. The third kappa shape index (κ3) is 4.26. The SMILES string of the molecule is CN=C(NCc1ccccc1[N+](=O)[O-])N1CCC(N2CCOCC2)C1. The molecule has 1 N–H and O–H groups in total. The molecule has 8 nitrogen and oxygen atoms in total. The quantitative estimate of drug-likeness (QED) is 0.380. The lowest BCUT2D eigenvalue weighted by Gasteiger charge is -2.32. The molecule has 3 rings (SSSR count). The minimum atomic E-state index is -0.343. The topological polar surface area (TPSA) is 83.2 Å². The molecular formula is C17H25N5O3. The highest BCUT2D eigenvalue weighted by Gasteiger charge is 2.30. The second kappa shape index (κ2) is 8.26. The maximum atomic E-state index is 11.1. The van der Waals surface area contributed by atoms with Gasteiger partial charge in [0, 0.05) is 57.4 Å². The summed E-state index contributed by atoms with van der Waals surface area (Å²) in [6, 6.07) is 7.33. The lowest BCUT2D eigenvalue weighted by atomic mass is 10.2. The standard InChI is InChI=1S/C17H25N5O3/c1-18-17(19-12-14-4-2-3-5-16(14)22(23)24)21-7-6-15(13-21)20-8-10-25-11-9-20/h2-5,15H,6-13H2,1H3,(H,18,19). The number of nitro groups is 1. The van der Waals surface area contributed by atoms with Crippen LogP contribution in [0.1, 0.15) is 12.0 Å². The predicted octanol–water partition coefficient (Wildman–Crippen LogP) is 1.08. The summed E-state index contributed by atoms with van der Waals surface area (Å²) >= 11 is 0. The van der Waals surface area contributed by atoms with Gasteiger partial charge in [0.2, 0.25) is 0 Å². The van der Waals surface area contributed by atoms with Crippen molar-refractivity contribution in [3.63, 3.8) is 0 Å². The number of guanidine groups is 1. The minimum Gasteiger partial charge on any atom is -0.379 e. The molecule has 8 heteroatoms. The summed E-state index contributed by atoms with van der Waals surface area (Å²) in [5.41, 5.74) is 0.802. The summed E-state index contributed by atoms with van der Waals surface area (Å²) in [6.45, 7) is 5.85. The molecule has 0 bridgehead atoms. The molecule has 1 aromatic rings. The second-order valence-electron chi connectivity index (χ2n) is 6.32. The van der Waals surface area contributed by atoms with Crippen LogP contribution in [0.3, 0.4) is 0 Å². The first kappa shape index (κ1) is 17.6. The molecule has 136 valence electrons. The predicted molar refractivity (Wildman–Crippen MR) is 95.7 cm³/mol. The molecule has 0 amide bonds. The van der Waals surface area contributed by atoms with E-state index in [4.69, 9.17) is 4.74 Å². The highest BCUT2D eigenvalue weighted by Crippen LogP contribution is 2.19. The Morgan fingerprint density at radius 3 is 2.84 bits per heavy atom. The van der Waals surface area contributed by atoms with Crippen LogP contribution in [0.2, 0.25) is 0 Å². The zero-order valence-electron chi connectivity index (χ0n) is 14.6. The summed E-state index contributed by atoms with van der Waals surface area (Å²) < 4.78 is 5.43. The molecule has 0 spiro atoms. The molecule has 25 heavy (non-hydrogen) atoms. The monoisotopic (exact) mass is 347 g/mol. The zero-order valence-corrected chi connectivity index (χ0v) is 14.6. The molecule has 0 aromatic heterocycles. The van der Waals surface area contributed by atoms with E-state index in [2.05, 4.69) is 20.1 Å². The fourth-order valence-corrected chi connectivity index (χ4v) is 3.52. The van der Waals surface area contributed by atoms with Crippen LogP contribution in [0.15, 0.2) is 29.3 Å². The molecule has 2 saturated heterocycles. The lowest BCUT2D eigenvalue weighted by molar-refractivity contribution is -0.385. The van der Waals surface area contributed by atoms with E-state index in [1.807, 2.05) is 6.07 Å². The van der Waals surface area contributed by atoms with Crippen LogP contribution in [0, 0.1) is 10.1 Å². The number of benzene rings is 1. The van der Waals surface area contributed by atoms with Crippen molar-refractivity contribution in [1.29, 1.82) is 0 Å². The molecule has 0 radical (unpaired) electrons. The molecular weight excluding hydrogens is 322 g/mol. The number of morpholine rings is 1. The average Bonchev–Trinajstić information content (AvgIpc) is 3.13. The van der Waals surface area contributed by atoms with Crippen LogP contribution < -0.4 is 5.32 Å². The third-order valence-corrected chi connectivity index (χ3v) is 4.86. The Hall–Kier alpha value is -2.19. The van der Waals surface area contributed by atoms with E-state index in [1.165, 1.54) is 6.07 Å². The lowest BCUT2D eigenvalue weighted by Crippen LogP contribution is -2.46. The van der Waals surface area contributed by atoms with Gasteiger partial charge in [-0.15, -0.1) is 0 Å². The number of nitro benzene ring substituents is 1. The normalized spacial score (nSPS) is 22.2. The Kier molecular flexibility index (Phi) is 5.83. The fourth-order valence-electron chi connectivity index (χ4n) is 3.52. The van der Waals surface area contributed by atoms with Crippen molar-refractivity contribution in [2.24, 2.45) is 4.99 Å². The van der Waals surface area contributed by atoms with Crippen LogP contribution in [-0.4, -0.2) is 73.2 Å². The Bertz CT molecular complexity index is 630. The Morgan fingerprint density at radius 1 is 1.36 bits per heavy atom. The van der Waals surface area contributed by atoms with Crippen LogP contribution in [-0.2, 0) is 11.3 Å². The van der Waals surface area contributed by atoms with Crippen LogP contribution in [0.4, 0.5) is 5.69 Å². The first-order valence-corrected chi connectivity index (χ1v) is 8.68. The summed E-state index contributed by atoms with van der Waals surface area (Å²) in [7, 11) is 1.75. The fraction of sp³-hybridized carbons (Fsp3) is 0.588. The van der Waals surface area contributed by atoms with E-state index >= 15 is 0 Å². The van der Waals surface area contributed by atoms with Gasteiger partial charge < -0.3 is 15.0 Å². The van der Waals surface area contributed by atoms with Crippen molar-refractivity contribution in [2.45, 2.75) is 19.0 Å². The molecule has 2 heterocycles. The zero-order chi connectivity index (χ0) is 17.6.